The van der Waals surface area contributed by atoms with Crippen LogP contribution in [0.3, 0.4) is 0 Å². The van der Waals surface area contributed by atoms with E-state index in [0.29, 0.717) is 11.3 Å². The fraction of sp³-hybridized carbons (Fsp3) is 0.500. The second-order valence-corrected chi connectivity index (χ2v) is 8.51. The highest BCUT2D eigenvalue weighted by Crippen LogP contribution is 2.62. The van der Waals surface area contributed by atoms with E-state index >= 15 is 0 Å². The summed E-state index contributed by atoms with van der Waals surface area (Å²) in [5.74, 6) is 1.48. The minimum absolute atomic E-state index is 0.509. The third-order valence-electron chi connectivity index (χ3n) is 7.16. The van der Waals surface area contributed by atoms with E-state index in [2.05, 4.69) is 76.1 Å². The predicted molar refractivity (Wildman–Crippen MR) is 110 cm³/mol. The van der Waals surface area contributed by atoms with Gasteiger partial charge in [-0.2, -0.15) is 0 Å². The van der Waals surface area contributed by atoms with E-state index in [4.69, 9.17) is 0 Å². The van der Waals surface area contributed by atoms with Crippen LogP contribution in [-0.4, -0.2) is 7.05 Å². The lowest BCUT2D eigenvalue weighted by molar-refractivity contribution is 0.00608. The maximum atomic E-state index is 2.50. The van der Waals surface area contributed by atoms with Crippen LogP contribution in [0, 0.1) is 5.92 Å². The van der Waals surface area contributed by atoms with Crippen LogP contribution in [0.2, 0.25) is 0 Å². The molecule has 1 nitrogen and oxygen atoms in total. The van der Waals surface area contributed by atoms with E-state index in [0.717, 1.165) is 5.92 Å². The molecule has 0 bridgehead atoms. The molecule has 1 heteroatoms. The van der Waals surface area contributed by atoms with Crippen molar-refractivity contribution in [3.8, 4) is 0 Å². The number of benzene rings is 2. The Balaban J connectivity index is 1.84. The highest BCUT2D eigenvalue weighted by Gasteiger charge is 2.54. The normalized spacial score (nSPS) is 25.5. The van der Waals surface area contributed by atoms with Crippen LogP contribution in [-0.2, 0) is 5.41 Å². The Morgan fingerprint density at radius 2 is 1.88 bits per heavy atom. The van der Waals surface area contributed by atoms with Crippen molar-refractivity contribution in [1.29, 1.82) is 0 Å². The second-order valence-electron chi connectivity index (χ2n) is 8.51. The maximum Gasteiger partial charge on any atom is 0.0447 e. The Hall–Kier alpha value is -1.76. The van der Waals surface area contributed by atoms with Crippen molar-refractivity contribution in [1.82, 2.24) is 0 Å². The number of fused-ring (bicyclic) bond motifs is 2. The minimum atomic E-state index is 0.509. The molecule has 2 fully saturated rings. The number of hydrogen-bond acceptors (Lipinski definition) is 1. The van der Waals surface area contributed by atoms with Gasteiger partial charge in [-0.15, -0.1) is 0 Å². The third kappa shape index (κ3) is 2.35. The molecular formula is C24H31N. The fourth-order valence-electron chi connectivity index (χ4n) is 5.12. The predicted octanol–water partition coefficient (Wildman–Crippen LogP) is 6.76. The van der Waals surface area contributed by atoms with E-state index in [1.165, 1.54) is 53.4 Å². The summed E-state index contributed by atoms with van der Waals surface area (Å²) in [6, 6.07) is 12.0. The average molecular weight is 334 g/mol. The van der Waals surface area contributed by atoms with Gasteiger partial charge in [-0.3, -0.25) is 0 Å². The molecule has 0 amide bonds. The van der Waals surface area contributed by atoms with Gasteiger partial charge >= 0.3 is 0 Å². The maximum absolute atomic E-state index is 2.50. The van der Waals surface area contributed by atoms with Gasteiger partial charge in [0.05, 0.1) is 0 Å². The zero-order valence-corrected chi connectivity index (χ0v) is 16.4. The van der Waals surface area contributed by atoms with Crippen LogP contribution >= 0.6 is 0 Å². The molecule has 0 atom stereocenters. The van der Waals surface area contributed by atoms with E-state index in [9.17, 15) is 0 Å². The summed E-state index contributed by atoms with van der Waals surface area (Å²) in [4.78, 5) is 2.33. The molecule has 0 aromatic heterocycles. The number of allylic oxidation sites excluding steroid dienone is 2. The summed E-state index contributed by atoms with van der Waals surface area (Å²) < 4.78 is 0. The van der Waals surface area contributed by atoms with E-state index in [1.807, 2.05) is 0 Å². The van der Waals surface area contributed by atoms with Crippen LogP contribution in [0.25, 0.3) is 10.8 Å². The topological polar surface area (TPSA) is 3.24 Å². The van der Waals surface area contributed by atoms with Gasteiger partial charge < -0.3 is 4.90 Å². The fourth-order valence-corrected chi connectivity index (χ4v) is 5.12. The molecule has 0 saturated heterocycles. The first-order valence-corrected chi connectivity index (χ1v) is 9.91. The summed E-state index contributed by atoms with van der Waals surface area (Å²) in [6.45, 7) is 8.93. The summed E-state index contributed by atoms with van der Waals surface area (Å²) >= 11 is 0. The highest BCUT2D eigenvalue weighted by atomic mass is 15.1. The lowest BCUT2D eigenvalue weighted by atomic mass is 9.45. The smallest absolute Gasteiger partial charge is 0.0447 e. The Bertz CT molecular complexity index is 835. The quantitative estimate of drug-likeness (QED) is 0.597. The van der Waals surface area contributed by atoms with E-state index in [1.54, 1.807) is 5.56 Å². The molecule has 0 aliphatic heterocycles. The van der Waals surface area contributed by atoms with Crippen LogP contribution < -0.4 is 4.90 Å². The Morgan fingerprint density at radius 1 is 1.16 bits per heavy atom. The average Bonchev–Trinajstić information content (AvgIpc) is 2.61. The van der Waals surface area contributed by atoms with Crippen molar-refractivity contribution in [2.75, 3.05) is 11.9 Å². The van der Waals surface area contributed by atoms with Crippen LogP contribution in [0.15, 0.2) is 42.1 Å². The summed E-state index contributed by atoms with van der Waals surface area (Å²) in [5, 5.41) is 2.85. The molecule has 2 aromatic rings. The van der Waals surface area contributed by atoms with Crippen molar-refractivity contribution < 1.29 is 0 Å². The first kappa shape index (κ1) is 16.7. The van der Waals surface area contributed by atoms with Gasteiger partial charge in [0, 0.05) is 18.4 Å². The molecule has 4 rings (SSSR count). The van der Waals surface area contributed by atoms with Crippen molar-refractivity contribution in [3.05, 3.63) is 53.2 Å². The van der Waals surface area contributed by atoms with Crippen molar-refractivity contribution in [2.24, 2.45) is 5.92 Å². The molecular weight excluding hydrogens is 302 g/mol. The van der Waals surface area contributed by atoms with Crippen molar-refractivity contribution in [2.45, 2.75) is 64.7 Å². The monoisotopic (exact) mass is 333 g/mol. The highest BCUT2D eigenvalue weighted by molar-refractivity contribution is 5.92. The molecule has 2 aliphatic carbocycles. The molecule has 132 valence electrons. The van der Waals surface area contributed by atoms with Gasteiger partial charge in [-0.1, -0.05) is 44.2 Å². The largest absolute Gasteiger partial charge is 0.349 e. The number of hydrogen-bond donors (Lipinski definition) is 0. The number of rotatable bonds is 4. The first-order chi connectivity index (χ1) is 12.0. The molecule has 0 N–H and O–H groups in total. The minimum Gasteiger partial charge on any atom is -0.349 e. The summed E-state index contributed by atoms with van der Waals surface area (Å²) in [6.07, 6.45) is 7.89. The first-order valence-electron chi connectivity index (χ1n) is 9.91. The summed E-state index contributed by atoms with van der Waals surface area (Å²) in [7, 11) is 2.18. The van der Waals surface area contributed by atoms with Gasteiger partial charge in [0.2, 0.25) is 0 Å². The number of nitrogens with zero attached hydrogens (tertiary/aromatic N) is 1. The summed E-state index contributed by atoms with van der Waals surface area (Å²) in [5.41, 5.74) is 6.26. The lowest BCUT2D eigenvalue weighted by Crippen LogP contribution is -2.52. The molecule has 25 heavy (non-hydrogen) atoms. The van der Waals surface area contributed by atoms with Crippen LogP contribution in [0.4, 0.5) is 5.69 Å². The van der Waals surface area contributed by atoms with Crippen molar-refractivity contribution >= 4 is 16.5 Å². The van der Waals surface area contributed by atoms with Crippen LogP contribution in [0.1, 0.15) is 70.4 Å². The van der Waals surface area contributed by atoms with E-state index < -0.39 is 0 Å². The Kier molecular flexibility index (Phi) is 3.94. The molecule has 2 aromatic carbocycles. The van der Waals surface area contributed by atoms with Crippen molar-refractivity contribution in [3.63, 3.8) is 0 Å². The molecule has 0 radical (unpaired) electrons. The lowest BCUT2D eigenvalue weighted by Gasteiger charge is -2.59. The molecule has 0 spiro atoms. The van der Waals surface area contributed by atoms with Crippen LogP contribution in [0.5, 0.6) is 0 Å². The molecule has 0 heterocycles. The zero-order valence-electron chi connectivity index (χ0n) is 16.4. The Labute approximate surface area is 152 Å². The van der Waals surface area contributed by atoms with Gasteiger partial charge in [0.15, 0.2) is 0 Å². The Morgan fingerprint density at radius 3 is 2.40 bits per heavy atom. The number of anilines is 1. The van der Waals surface area contributed by atoms with Gasteiger partial charge in [0.1, 0.15) is 0 Å². The standard InChI is InChI=1S/C24H31N/c1-6-17(4)25(5)22-10-7-18-15-20(24-13-11-19(24)12-14-24)8-9-21(18)23(22)16(2)3/h6-10,15-16,19H,11-14H2,1-5H3. The zero-order chi connectivity index (χ0) is 17.8. The van der Waals surface area contributed by atoms with E-state index in [-0.39, 0.29) is 0 Å². The van der Waals surface area contributed by atoms with Gasteiger partial charge in [-0.05, 0) is 84.7 Å². The molecule has 2 aliphatic rings. The van der Waals surface area contributed by atoms with Gasteiger partial charge in [-0.25, -0.2) is 0 Å². The third-order valence-corrected chi connectivity index (χ3v) is 7.16. The second kappa shape index (κ2) is 5.90. The molecule has 2 saturated carbocycles. The SMILES string of the molecule is CC=C(C)N(C)c1ccc2cc(C34CCC3CC4)ccc2c1C(C)C. The molecule has 0 unspecified atom stereocenters. The van der Waals surface area contributed by atoms with Gasteiger partial charge in [0.25, 0.3) is 0 Å².